The van der Waals surface area contributed by atoms with Crippen LogP contribution in [-0.2, 0) is 11.2 Å². The minimum atomic E-state index is -0.567. The maximum atomic E-state index is 12.1. The Morgan fingerprint density at radius 2 is 1.93 bits per heavy atom. The molecule has 0 bridgehead atoms. The van der Waals surface area contributed by atoms with Gasteiger partial charge in [0.15, 0.2) is 0 Å². The second-order valence-corrected chi connectivity index (χ2v) is 7.99. The number of carbonyl (C=O) groups is 1. The summed E-state index contributed by atoms with van der Waals surface area (Å²) in [5.74, 6) is 0. The Bertz CT molecular complexity index is 1090. The van der Waals surface area contributed by atoms with Crippen molar-refractivity contribution in [1.29, 1.82) is 0 Å². The molecular weight excluding hydrogens is 376 g/mol. The van der Waals surface area contributed by atoms with Crippen LogP contribution in [0.2, 0.25) is 0 Å². The first-order valence-corrected chi connectivity index (χ1v) is 9.95. The van der Waals surface area contributed by atoms with Gasteiger partial charge < -0.3 is 15.5 Å². The normalized spacial score (nSPS) is 12.5. The molecule has 1 aromatic heterocycles. The Morgan fingerprint density at radius 1 is 1.20 bits per heavy atom. The number of aromatic nitrogens is 1. The van der Waals surface area contributed by atoms with E-state index in [1.807, 2.05) is 51.1 Å². The van der Waals surface area contributed by atoms with E-state index in [2.05, 4.69) is 34.3 Å². The van der Waals surface area contributed by atoms with Crippen molar-refractivity contribution in [2.24, 2.45) is 10.7 Å². The molecule has 1 heterocycles. The molecule has 0 spiro atoms. The van der Waals surface area contributed by atoms with Crippen LogP contribution in [0.5, 0.6) is 0 Å². The molecule has 0 fully saturated rings. The summed E-state index contributed by atoms with van der Waals surface area (Å²) in [7, 11) is 0. The van der Waals surface area contributed by atoms with Gasteiger partial charge >= 0.3 is 6.09 Å². The smallest absolute Gasteiger partial charge is 0.412 e. The number of aryl methyl sites for hydroxylation is 1. The number of aromatic amines is 1. The number of hydrogen-bond donors (Lipinski definition) is 3. The summed E-state index contributed by atoms with van der Waals surface area (Å²) in [6.45, 7) is 7.60. The van der Waals surface area contributed by atoms with Gasteiger partial charge in [0.1, 0.15) is 5.60 Å². The first kappa shape index (κ1) is 21.2. The van der Waals surface area contributed by atoms with Crippen LogP contribution in [0, 0.1) is 0 Å². The van der Waals surface area contributed by atoms with E-state index >= 15 is 0 Å². The van der Waals surface area contributed by atoms with Gasteiger partial charge in [-0.2, -0.15) is 0 Å². The average molecular weight is 405 g/mol. The Hall–Kier alpha value is -3.54. The van der Waals surface area contributed by atoms with Crippen molar-refractivity contribution in [1.82, 2.24) is 4.98 Å². The third-order valence-corrected chi connectivity index (χ3v) is 4.53. The quantitative estimate of drug-likeness (QED) is 0.471. The lowest BCUT2D eigenvalue weighted by Crippen LogP contribution is -2.27. The molecule has 30 heavy (non-hydrogen) atoms. The number of carbonyl (C=O) groups excluding carboxylic acids is 1. The lowest BCUT2D eigenvalue weighted by Gasteiger charge is -2.19. The number of nitrogens with one attached hydrogen (secondary N) is 2. The van der Waals surface area contributed by atoms with Crippen molar-refractivity contribution in [2.45, 2.75) is 39.7 Å². The molecular formula is C24H28N4O2. The molecule has 0 saturated heterocycles. The van der Waals surface area contributed by atoms with E-state index in [1.165, 1.54) is 11.8 Å². The number of benzene rings is 2. The molecule has 3 aromatic rings. The van der Waals surface area contributed by atoms with Gasteiger partial charge in [0.05, 0.1) is 11.4 Å². The summed E-state index contributed by atoms with van der Waals surface area (Å²) in [4.78, 5) is 19.8. The van der Waals surface area contributed by atoms with Gasteiger partial charge in [0.25, 0.3) is 0 Å². The van der Waals surface area contributed by atoms with Crippen molar-refractivity contribution in [2.75, 3.05) is 5.32 Å². The van der Waals surface area contributed by atoms with Crippen molar-refractivity contribution in [3.63, 3.8) is 0 Å². The molecule has 2 aromatic carbocycles. The van der Waals surface area contributed by atoms with E-state index in [4.69, 9.17) is 10.5 Å². The number of amides is 1. The lowest BCUT2D eigenvalue weighted by molar-refractivity contribution is 0.0636. The molecule has 156 valence electrons. The number of H-pyrrole nitrogens is 1. The average Bonchev–Trinajstić information content (AvgIpc) is 3.09. The monoisotopic (exact) mass is 404 g/mol. The fourth-order valence-electron chi connectivity index (χ4n) is 2.99. The number of anilines is 1. The van der Waals surface area contributed by atoms with Crippen molar-refractivity contribution < 1.29 is 9.53 Å². The van der Waals surface area contributed by atoms with Gasteiger partial charge in [-0.05, 0) is 62.6 Å². The van der Waals surface area contributed by atoms with Gasteiger partial charge in [-0.3, -0.25) is 10.3 Å². The zero-order valence-electron chi connectivity index (χ0n) is 17.8. The molecule has 0 unspecified atom stereocenters. The standard InChI is InChI=1S/C24H28N4O2/c1-5-16-6-9-19(10-7-16)26-14-18(13-25)17-8-11-21-20(12-17)22(15-27-21)28-23(29)30-24(2,3)4/h6-15,27H,5,25H2,1-4H3,(H,28,29)/b18-13+,26-14?. The molecule has 0 saturated carbocycles. The maximum Gasteiger partial charge on any atom is 0.412 e. The Morgan fingerprint density at radius 3 is 2.57 bits per heavy atom. The third kappa shape index (κ3) is 5.29. The molecule has 0 aliphatic carbocycles. The van der Waals surface area contributed by atoms with Crippen LogP contribution in [0.25, 0.3) is 16.5 Å². The summed E-state index contributed by atoms with van der Waals surface area (Å²) in [6, 6.07) is 14.0. The zero-order valence-corrected chi connectivity index (χ0v) is 17.8. The van der Waals surface area contributed by atoms with Crippen molar-refractivity contribution in [3.05, 3.63) is 66.0 Å². The summed E-state index contributed by atoms with van der Waals surface area (Å²) < 4.78 is 5.35. The fraction of sp³-hybridized carbons (Fsp3) is 0.250. The molecule has 3 rings (SSSR count). The van der Waals surface area contributed by atoms with E-state index in [1.54, 1.807) is 12.4 Å². The topological polar surface area (TPSA) is 92.5 Å². The van der Waals surface area contributed by atoms with Crippen LogP contribution < -0.4 is 11.1 Å². The van der Waals surface area contributed by atoms with Crippen molar-refractivity contribution in [3.8, 4) is 0 Å². The van der Waals surface area contributed by atoms with Crippen LogP contribution in [0.3, 0.4) is 0 Å². The maximum absolute atomic E-state index is 12.1. The van der Waals surface area contributed by atoms with Crippen LogP contribution in [0.1, 0.15) is 38.8 Å². The van der Waals surface area contributed by atoms with Crippen LogP contribution >= 0.6 is 0 Å². The molecule has 0 aliphatic heterocycles. The number of nitrogens with zero attached hydrogens (tertiary/aromatic N) is 1. The Balaban J connectivity index is 1.83. The second kappa shape index (κ2) is 8.86. The highest BCUT2D eigenvalue weighted by atomic mass is 16.6. The predicted octanol–water partition coefficient (Wildman–Crippen LogP) is 5.78. The number of allylic oxidation sites excluding steroid dienone is 1. The number of aliphatic imine (C=N–C) groups is 1. The first-order chi connectivity index (χ1) is 14.3. The molecule has 6 nitrogen and oxygen atoms in total. The lowest BCUT2D eigenvalue weighted by atomic mass is 10.1. The largest absolute Gasteiger partial charge is 0.444 e. The minimum Gasteiger partial charge on any atom is -0.444 e. The highest BCUT2D eigenvalue weighted by Crippen LogP contribution is 2.27. The van der Waals surface area contributed by atoms with Gasteiger partial charge in [0.2, 0.25) is 0 Å². The highest BCUT2D eigenvalue weighted by Gasteiger charge is 2.17. The van der Waals surface area contributed by atoms with Crippen LogP contribution in [-0.4, -0.2) is 22.9 Å². The van der Waals surface area contributed by atoms with Crippen LogP contribution in [0.4, 0.5) is 16.2 Å². The molecule has 0 atom stereocenters. The van der Waals surface area contributed by atoms with E-state index < -0.39 is 11.7 Å². The third-order valence-electron chi connectivity index (χ3n) is 4.53. The van der Waals surface area contributed by atoms with E-state index in [-0.39, 0.29) is 0 Å². The summed E-state index contributed by atoms with van der Waals surface area (Å²) >= 11 is 0. The second-order valence-electron chi connectivity index (χ2n) is 7.99. The fourth-order valence-corrected chi connectivity index (χ4v) is 2.99. The molecule has 0 aliphatic rings. The highest BCUT2D eigenvalue weighted by molar-refractivity contribution is 6.12. The summed E-state index contributed by atoms with van der Waals surface area (Å²) in [5.41, 5.74) is 10.6. The van der Waals surface area contributed by atoms with Crippen molar-refractivity contribution >= 4 is 40.2 Å². The number of hydrogen-bond acceptors (Lipinski definition) is 4. The number of ether oxygens (including phenoxy) is 1. The Kier molecular flexibility index (Phi) is 6.26. The van der Waals surface area contributed by atoms with E-state index in [9.17, 15) is 4.79 Å². The number of rotatable bonds is 5. The predicted molar refractivity (Wildman–Crippen MR) is 124 cm³/mol. The molecule has 1 amide bonds. The molecule has 4 N–H and O–H groups in total. The Labute approximate surface area is 176 Å². The van der Waals surface area contributed by atoms with Gasteiger partial charge in [0, 0.05) is 35.1 Å². The number of nitrogens with two attached hydrogens (primary N) is 1. The summed E-state index contributed by atoms with van der Waals surface area (Å²) in [5, 5.41) is 3.66. The van der Waals surface area contributed by atoms with E-state index in [0.29, 0.717) is 5.69 Å². The zero-order chi connectivity index (χ0) is 21.7. The molecule has 0 radical (unpaired) electrons. The first-order valence-electron chi connectivity index (χ1n) is 9.95. The van der Waals surface area contributed by atoms with Crippen LogP contribution in [0.15, 0.2) is 59.9 Å². The minimum absolute atomic E-state index is 0.500. The van der Waals surface area contributed by atoms with Gasteiger partial charge in [-0.25, -0.2) is 4.79 Å². The summed E-state index contributed by atoms with van der Waals surface area (Å²) in [6.07, 6.45) is 5.51. The SMILES string of the molecule is CCc1ccc(N=C/C(=C\N)c2ccc3[nH]cc(NC(=O)OC(C)(C)C)c3c2)cc1. The van der Waals surface area contributed by atoms with Gasteiger partial charge in [-0.1, -0.05) is 25.1 Å². The molecule has 6 heteroatoms. The number of fused-ring (bicyclic) bond motifs is 1. The van der Waals surface area contributed by atoms with Gasteiger partial charge in [-0.15, -0.1) is 0 Å². The van der Waals surface area contributed by atoms with E-state index in [0.717, 1.165) is 34.1 Å².